The monoisotopic (exact) mass is 467 g/mol. The van der Waals surface area contributed by atoms with Crippen LogP contribution in [0.5, 0.6) is 0 Å². The summed E-state index contributed by atoms with van der Waals surface area (Å²) in [5.74, 6) is -0.00290. The van der Waals surface area contributed by atoms with Gasteiger partial charge in [-0.2, -0.15) is 0 Å². The summed E-state index contributed by atoms with van der Waals surface area (Å²) in [6.07, 6.45) is 5.81. The largest absolute Gasteiger partial charge is 0.444 e. The molecule has 0 bridgehead atoms. The molecule has 1 saturated heterocycles. The zero-order chi connectivity index (χ0) is 24.0. The van der Waals surface area contributed by atoms with Gasteiger partial charge in [-0.1, -0.05) is 0 Å². The van der Waals surface area contributed by atoms with Crippen LogP contribution in [-0.4, -0.2) is 58.6 Å². The van der Waals surface area contributed by atoms with E-state index < -0.39 is 11.4 Å². The van der Waals surface area contributed by atoms with Gasteiger partial charge in [-0.3, -0.25) is 8.97 Å². The maximum Gasteiger partial charge on any atom is 0.410 e. The fourth-order valence-corrected chi connectivity index (χ4v) is 4.32. The number of H-pyrrole nitrogens is 1. The molecule has 4 aromatic heterocycles. The first-order chi connectivity index (χ1) is 16.2. The van der Waals surface area contributed by atoms with Crippen molar-refractivity contribution in [2.24, 2.45) is 5.92 Å². The molecule has 5 heterocycles. The van der Waals surface area contributed by atoms with Crippen molar-refractivity contribution in [1.82, 2.24) is 33.8 Å². The van der Waals surface area contributed by atoms with Crippen molar-refractivity contribution >= 4 is 22.9 Å². The predicted octanol–water partition coefficient (Wildman–Crippen LogP) is 3.22. The summed E-state index contributed by atoms with van der Waals surface area (Å²) in [6.45, 7) is 7.05. The normalized spacial score (nSPS) is 16.9. The van der Waals surface area contributed by atoms with Crippen molar-refractivity contribution in [1.29, 1.82) is 0 Å². The van der Waals surface area contributed by atoms with Gasteiger partial charge in [0.15, 0.2) is 11.5 Å². The van der Waals surface area contributed by atoms with Crippen LogP contribution in [0.15, 0.2) is 35.5 Å². The number of hydrogen-bond acceptors (Lipinski definition) is 6. The molecule has 1 aliphatic heterocycles. The van der Waals surface area contributed by atoms with Crippen molar-refractivity contribution in [3.8, 4) is 11.5 Å². The minimum absolute atomic E-state index is 0.0706. The SMILES string of the molecule is CC(C)(C)OC(=O)N1CCCC(Cn2c(=O)[nH]c3cnc(-c4cnc5ccc(F)cn45)nc32)C1. The highest BCUT2D eigenvalue weighted by molar-refractivity contribution is 5.72. The van der Waals surface area contributed by atoms with Gasteiger partial charge in [-0.15, -0.1) is 0 Å². The van der Waals surface area contributed by atoms with Gasteiger partial charge in [0, 0.05) is 25.8 Å². The van der Waals surface area contributed by atoms with Gasteiger partial charge < -0.3 is 14.6 Å². The van der Waals surface area contributed by atoms with Crippen LogP contribution in [0, 0.1) is 11.7 Å². The second kappa shape index (κ2) is 8.23. The standard InChI is InChI=1S/C23H26FN7O3/c1-23(2,3)34-22(33)29-8-4-5-14(11-29)12-31-20-16(27-21(31)32)9-26-19(28-20)17-10-25-18-7-6-15(24)13-30(17)18/h6-7,9-10,13-14H,4-5,8,11-12H2,1-3H3,(H,27,32). The number of carbonyl (C=O) groups excluding carboxylic acids is 1. The zero-order valence-electron chi connectivity index (χ0n) is 19.3. The molecule has 0 aliphatic carbocycles. The fourth-order valence-electron chi connectivity index (χ4n) is 4.32. The highest BCUT2D eigenvalue weighted by atomic mass is 19.1. The Bertz CT molecular complexity index is 1430. The lowest BCUT2D eigenvalue weighted by Crippen LogP contribution is -2.44. The van der Waals surface area contributed by atoms with Crippen molar-refractivity contribution in [3.63, 3.8) is 0 Å². The molecule has 178 valence electrons. The summed E-state index contributed by atoms with van der Waals surface area (Å²) < 4.78 is 22.5. The third-order valence-corrected chi connectivity index (χ3v) is 5.82. The van der Waals surface area contributed by atoms with E-state index in [9.17, 15) is 14.0 Å². The van der Waals surface area contributed by atoms with E-state index in [0.717, 1.165) is 12.8 Å². The van der Waals surface area contributed by atoms with E-state index in [1.165, 1.54) is 12.3 Å². The number of aromatic nitrogens is 6. The van der Waals surface area contributed by atoms with Crippen molar-refractivity contribution in [2.45, 2.75) is 45.8 Å². The van der Waals surface area contributed by atoms with Gasteiger partial charge in [0.2, 0.25) is 0 Å². The molecule has 1 N–H and O–H groups in total. The lowest BCUT2D eigenvalue weighted by Gasteiger charge is -2.34. The number of carbonyl (C=O) groups is 1. The number of halogens is 1. The van der Waals surface area contributed by atoms with Gasteiger partial charge in [-0.05, 0) is 51.7 Å². The van der Waals surface area contributed by atoms with Crippen LogP contribution in [0.4, 0.5) is 9.18 Å². The molecule has 1 aliphatic rings. The molecule has 10 nitrogen and oxygen atoms in total. The number of nitrogens with one attached hydrogen (secondary N) is 1. The van der Waals surface area contributed by atoms with E-state index >= 15 is 0 Å². The van der Waals surface area contributed by atoms with E-state index in [2.05, 4.69) is 19.9 Å². The van der Waals surface area contributed by atoms with Gasteiger partial charge in [0.1, 0.15) is 28.3 Å². The topological polar surface area (TPSA) is 110 Å². The molecule has 1 unspecified atom stereocenters. The quantitative estimate of drug-likeness (QED) is 0.495. The van der Waals surface area contributed by atoms with Crippen LogP contribution < -0.4 is 5.69 Å². The highest BCUT2D eigenvalue weighted by Gasteiger charge is 2.28. The number of hydrogen-bond donors (Lipinski definition) is 1. The van der Waals surface area contributed by atoms with Crippen LogP contribution in [0.25, 0.3) is 28.3 Å². The maximum atomic E-state index is 13.8. The first kappa shape index (κ1) is 22.1. The zero-order valence-corrected chi connectivity index (χ0v) is 19.3. The number of ether oxygens (including phenoxy) is 1. The predicted molar refractivity (Wildman–Crippen MR) is 123 cm³/mol. The Morgan fingerprint density at radius 2 is 2.09 bits per heavy atom. The van der Waals surface area contributed by atoms with Gasteiger partial charge >= 0.3 is 11.8 Å². The summed E-state index contributed by atoms with van der Waals surface area (Å²) in [6, 6.07) is 2.91. The Morgan fingerprint density at radius 1 is 1.26 bits per heavy atom. The van der Waals surface area contributed by atoms with E-state index in [1.54, 1.807) is 32.3 Å². The Kier molecular flexibility index (Phi) is 5.34. The molecule has 11 heteroatoms. The first-order valence-corrected chi connectivity index (χ1v) is 11.2. The number of likely N-dealkylation sites (tertiary alicyclic amines) is 1. The molecule has 0 saturated carbocycles. The molecular formula is C23H26FN7O3. The van der Waals surface area contributed by atoms with Crippen LogP contribution in [0.3, 0.4) is 0 Å². The minimum Gasteiger partial charge on any atom is -0.444 e. The number of pyridine rings is 1. The van der Waals surface area contributed by atoms with Crippen LogP contribution in [0.2, 0.25) is 0 Å². The second-order valence-electron chi connectivity index (χ2n) is 9.63. The van der Waals surface area contributed by atoms with E-state index in [1.807, 2.05) is 20.8 Å². The van der Waals surface area contributed by atoms with E-state index in [0.29, 0.717) is 48.0 Å². The fraction of sp³-hybridized carbons (Fsp3) is 0.435. The Hall–Kier alpha value is -3.76. The summed E-state index contributed by atoms with van der Waals surface area (Å²) in [5, 5.41) is 0. The molecule has 0 spiro atoms. The Morgan fingerprint density at radius 3 is 2.88 bits per heavy atom. The van der Waals surface area contributed by atoms with Crippen molar-refractivity contribution in [3.05, 3.63) is 47.0 Å². The molecular weight excluding hydrogens is 441 g/mol. The van der Waals surface area contributed by atoms with Crippen LogP contribution >= 0.6 is 0 Å². The second-order valence-corrected chi connectivity index (χ2v) is 9.63. The summed E-state index contributed by atoms with van der Waals surface area (Å²) in [4.78, 5) is 43.0. The summed E-state index contributed by atoms with van der Waals surface area (Å²) >= 11 is 0. The molecule has 1 fully saturated rings. The average Bonchev–Trinajstić information content (AvgIpc) is 3.33. The number of amides is 1. The van der Waals surface area contributed by atoms with Crippen LogP contribution in [-0.2, 0) is 11.3 Å². The number of aromatic amines is 1. The lowest BCUT2D eigenvalue weighted by molar-refractivity contribution is 0.0157. The third-order valence-electron chi connectivity index (χ3n) is 5.82. The van der Waals surface area contributed by atoms with Gasteiger partial charge in [-0.25, -0.2) is 28.9 Å². The maximum absolute atomic E-state index is 13.8. The van der Waals surface area contributed by atoms with Crippen molar-refractivity contribution < 1.29 is 13.9 Å². The number of imidazole rings is 2. The molecule has 1 amide bonds. The van der Waals surface area contributed by atoms with Crippen LogP contribution in [0.1, 0.15) is 33.6 Å². The Balaban J connectivity index is 1.44. The molecule has 5 rings (SSSR count). The average molecular weight is 468 g/mol. The highest BCUT2D eigenvalue weighted by Crippen LogP contribution is 2.23. The number of nitrogens with zero attached hydrogens (tertiary/aromatic N) is 6. The molecule has 1 atom stereocenters. The number of rotatable bonds is 3. The summed E-state index contributed by atoms with van der Waals surface area (Å²) in [7, 11) is 0. The third kappa shape index (κ3) is 4.25. The molecule has 4 aromatic rings. The molecule has 0 aromatic carbocycles. The number of fused-ring (bicyclic) bond motifs is 2. The Labute approximate surface area is 194 Å². The van der Waals surface area contributed by atoms with Gasteiger partial charge in [0.25, 0.3) is 0 Å². The molecule has 34 heavy (non-hydrogen) atoms. The first-order valence-electron chi connectivity index (χ1n) is 11.2. The summed E-state index contributed by atoms with van der Waals surface area (Å²) in [5.41, 5.74) is 1.19. The van der Waals surface area contributed by atoms with E-state index in [-0.39, 0.29) is 17.7 Å². The van der Waals surface area contributed by atoms with Gasteiger partial charge in [0.05, 0.1) is 12.4 Å². The van der Waals surface area contributed by atoms with Crippen molar-refractivity contribution in [2.75, 3.05) is 13.1 Å². The lowest BCUT2D eigenvalue weighted by atomic mass is 9.98. The minimum atomic E-state index is -0.564. The molecule has 0 radical (unpaired) electrons. The smallest absolute Gasteiger partial charge is 0.410 e. The number of piperidine rings is 1. The van der Waals surface area contributed by atoms with E-state index in [4.69, 9.17) is 4.74 Å².